The van der Waals surface area contributed by atoms with Gasteiger partial charge in [-0.1, -0.05) is 30.3 Å². The first-order valence-electron chi connectivity index (χ1n) is 11.1. The highest BCUT2D eigenvalue weighted by molar-refractivity contribution is 7.98. The molecular weight excluding hydrogens is 474 g/mol. The molecule has 0 aliphatic heterocycles. The van der Waals surface area contributed by atoms with Gasteiger partial charge >= 0.3 is 5.97 Å². The quantitative estimate of drug-likeness (QED) is 0.0785. The monoisotopic (exact) mass is 509 g/mol. The van der Waals surface area contributed by atoms with Gasteiger partial charge < -0.3 is 38.3 Å². The standard InChI is InChI=1S/C22H35N7O5S/c1-35-11-9-16(21(33)34)28-20(32)17(12-14-6-3-2-4-7-14)29-19(31)15(27-18(30)13-23)8-5-10-26-22(24)25/h2-4,6-7,15-17H,5,8-13,23H2,1H3,(H,27,30)(H,28,32)(H,29,31)(H,33,34)(H4,24,25,26). The molecule has 0 fully saturated rings. The summed E-state index contributed by atoms with van der Waals surface area (Å²) in [5.41, 5.74) is 16.8. The minimum atomic E-state index is -1.16. The molecule has 0 aliphatic carbocycles. The normalized spacial score (nSPS) is 13.1. The number of nitrogens with zero attached hydrogens (tertiary/aromatic N) is 1. The molecule has 0 aliphatic rings. The Hall–Kier alpha value is -3.32. The Bertz CT molecular complexity index is 865. The minimum absolute atomic E-state index is 0.0916. The van der Waals surface area contributed by atoms with Gasteiger partial charge in [-0.05, 0) is 36.8 Å². The third-order valence-corrected chi connectivity index (χ3v) is 5.57. The molecule has 1 aromatic carbocycles. The van der Waals surface area contributed by atoms with Crippen molar-refractivity contribution in [2.75, 3.05) is 25.1 Å². The summed E-state index contributed by atoms with van der Waals surface area (Å²) in [6.07, 6.45) is 2.76. The van der Waals surface area contributed by atoms with Gasteiger partial charge in [-0.3, -0.25) is 19.4 Å². The number of benzene rings is 1. The number of nitrogens with two attached hydrogens (primary N) is 3. The zero-order valence-corrected chi connectivity index (χ0v) is 20.6. The fourth-order valence-corrected chi connectivity index (χ4v) is 3.59. The van der Waals surface area contributed by atoms with Gasteiger partial charge in [-0.25, -0.2) is 4.79 Å². The molecule has 194 valence electrons. The van der Waals surface area contributed by atoms with Crippen LogP contribution in [0.25, 0.3) is 0 Å². The van der Waals surface area contributed by atoms with Crippen molar-refractivity contribution in [3.63, 3.8) is 0 Å². The number of aliphatic imine (C=N–C) groups is 1. The van der Waals surface area contributed by atoms with Crippen molar-refractivity contribution >= 4 is 41.4 Å². The molecule has 0 spiro atoms. The lowest BCUT2D eigenvalue weighted by Gasteiger charge is -2.24. The van der Waals surface area contributed by atoms with Crippen LogP contribution >= 0.6 is 11.8 Å². The predicted octanol–water partition coefficient (Wildman–Crippen LogP) is -1.47. The Morgan fingerprint density at radius 3 is 2.17 bits per heavy atom. The molecule has 0 bridgehead atoms. The summed E-state index contributed by atoms with van der Waals surface area (Å²) in [6, 6.07) is 5.81. The molecule has 1 aromatic rings. The number of nitrogens with one attached hydrogen (secondary N) is 3. The van der Waals surface area contributed by atoms with Crippen LogP contribution in [0.2, 0.25) is 0 Å². The molecule has 35 heavy (non-hydrogen) atoms. The Balaban J connectivity index is 3.04. The second-order valence-electron chi connectivity index (χ2n) is 7.70. The second-order valence-corrected chi connectivity index (χ2v) is 8.69. The van der Waals surface area contributed by atoms with E-state index in [1.807, 2.05) is 12.3 Å². The van der Waals surface area contributed by atoms with Crippen LogP contribution < -0.4 is 33.2 Å². The molecule has 1 rings (SSSR count). The number of aliphatic carboxylic acids is 1. The molecule has 10 N–H and O–H groups in total. The number of guanidine groups is 1. The van der Waals surface area contributed by atoms with E-state index in [1.54, 1.807) is 24.3 Å². The van der Waals surface area contributed by atoms with E-state index >= 15 is 0 Å². The number of carboxylic acids is 1. The second kappa shape index (κ2) is 16.3. The third kappa shape index (κ3) is 12.1. The maximum absolute atomic E-state index is 13.1. The Labute approximate surface area is 208 Å². The minimum Gasteiger partial charge on any atom is -0.480 e. The molecular formula is C22H35N7O5S. The van der Waals surface area contributed by atoms with Crippen LogP contribution in [-0.2, 0) is 25.6 Å². The summed E-state index contributed by atoms with van der Waals surface area (Å²) in [4.78, 5) is 53.4. The highest BCUT2D eigenvalue weighted by atomic mass is 32.2. The smallest absolute Gasteiger partial charge is 0.326 e. The number of carboxylic acid groups (broad SMARTS) is 1. The Morgan fingerprint density at radius 1 is 0.971 bits per heavy atom. The molecule has 13 heteroatoms. The number of amides is 3. The third-order valence-electron chi connectivity index (χ3n) is 4.92. The fourth-order valence-electron chi connectivity index (χ4n) is 3.12. The van der Waals surface area contributed by atoms with Crippen LogP contribution in [0.15, 0.2) is 35.3 Å². The van der Waals surface area contributed by atoms with Gasteiger partial charge in [0.1, 0.15) is 18.1 Å². The van der Waals surface area contributed by atoms with Crippen LogP contribution in [0, 0.1) is 0 Å². The van der Waals surface area contributed by atoms with E-state index in [0.717, 1.165) is 5.56 Å². The van der Waals surface area contributed by atoms with E-state index in [2.05, 4.69) is 20.9 Å². The van der Waals surface area contributed by atoms with Crippen LogP contribution in [0.4, 0.5) is 0 Å². The topological polar surface area (TPSA) is 215 Å². The maximum Gasteiger partial charge on any atom is 0.326 e. The summed E-state index contributed by atoms with van der Waals surface area (Å²) in [6.45, 7) is -0.0738. The molecule has 3 atom stereocenters. The summed E-state index contributed by atoms with van der Waals surface area (Å²) < 4.78 is 0. The summed E-state index contributed by atoms with van der Waals surface area (Å²) in [5.74, 6) is -2.51. The molecule has 0 saturated carbocycles. The van der Waals surface area contributed by atoms with Crippen molar-refractivity contribution in [2.45, 2.75) is 43.8 Å². The first-order chi connectivity index (χ1) is 16.7. The zero-order valence-electron chi connectivity index (χ0n) is 19.7. The lowest BCUT2D eigenvalue weighted by atomic mass is 10.0. The number of hydrogen-bond donors (Lipinski definition) is 7. The summed E-state index contributed by atoms with van der Waals surface area (Å²) >= 11 is 1.46. The summed E-state index contributed by atoms with van der Waals surface area (Å²) in [5, 5.41) is 17.2. The van der Waals surface area contributed by atoms with E-state index < -0.39 is 41.8 Å². The highest BCUT2D eigenvalue weighted by Crippen LogP contribution is 2.08. The maximum atomic E-state index is 13.1. The van der Waals surface area contributed by atoms with E-state index in [0.29, 0.717) is 12.2 Å². The average Bonchev–Trinajstić information content (AvgIpc) is 2.83. The van der Waals surface area contributed by atoms with Gasteiger partial charge in [0, 0.05) is 13.0 Å². The molecule has 3 unspecified atom stereocenters. The van der Waals surface area contributed by atoms with E-state index in [-0.39, 0.29) is 38.3 Å². The van der Waals surface area contributed by atoms with E-state index in [1.165, 1.54) is 11.8 Å². The van der Waals surface area contributed by atoms with Gasteiger partial charge in [0.15, 0.2) is 5.96 Å². The van der Waals surface area contributed by atoms with Crippen molar-refractivity contribution in [1.82, 2.24) is 16.0 Å². The Kier molecular flexibility index (Phi) is 13.9. The molecule has 0 aromatic heterocycles. The number of carbonyl (C=O) groups is 4. The number of rotatable bonds is 16. The van der Waals surface area contributed by atoms with Crippen LogP contribution in [0.3, 0.4) is 0 Å². The number of thioether (sulfide) groups is 1. The van der Waals surface area contributed by atoms with Crippen molar-refractivity contribution in [3.8, 4) is 0 Å². The van der Waals surface area contributed by atoms with Crippen molar-refractivity contribution in [1.29, 1.82) is 0 Å². The van der Waals surface area contributed by atoms with Gasteiger partial charge in [0.05, 0.1) is 6.54 Å². The Morgan fingerprint density at radius 2 is 1.60 bits per heavy atom. The van der Waals surface area contributed by atoms with Crippen molar-refractivity contribution in [2.24, 2.45) is 22.2 Å². The van der Waals surface area contributed by atoms with Crippen molar-refractivity contribution in [3.05, 3.63) is 35.9 Å². The SMILES string of the molecule is CSCCC(NC(=O)C(Cc1ccccc1)NC(=O)C(CCCN=C(N)N)NC(=O)CN)C(=O)O. The molecule has 0 radical (unpaired) electrons. The summed E-state index contributed by atoms with van der Waals surface area (Å²) in [7, 11) is 0. The van der Waals surface area contributed by atoms with Gasteiger partial charge in [-0.15, -0.1) is 0 Å². The molecule has 12 nitrogen and oxygen atoms in total. The van der Waals surface area contributed by atoms with E-state index in [9.17, 15) is 24.3 Å². The first-order valence-corrected chi connectivity index (χ1v) is 12.5. The fraction of sp³-hybridized carbons (Fsp3) is 0.500. The predicted molar refractivity (Wildman–Crippen MR) is 136 cm³/mol. The number of carbonyl (C=O) groups excluding carboxylic acids is 3. The highest BCUT2D eigenvalue weighted by Gasteiger charge is 2.29. The van der Waals surface area contributed by atoms with Crippen LogP contribution in [-0.4, -0.2) is 78.0 Å². The number of hydrogen-bond acceptors (Lipinski definition) is 7. The van der Waals surface area contributed by atoms with Gasteiger partial charge in [0.25, 0.3) is 0 Å². The van der Waals surface area contributed by atoms with Crippen molar-refractivity contribution < 1.29 is 24.3 Å². The van der Waals surface area contributed by atoms with Gasteiger partial charge in [-0.2, -0.15) is 11.8 Å². The molecule has 0 heterocycles. The van der Waals surface area contributed by atoms with E-state index in [4.69, 9.17) is 17.2 Å². The zero-order chi connectivity index (χ0) is 26.2. The lowest BCUT2D eigenvalue weighted by molar-refractivity contribution is -0.142. The average molecular weight is 510 g/mol. The molecule has 0 saturated heterocycles. The first kappa shape index (κ1) is 29.7. The molecule has 3 amide bonds. The lowest BCUT2D eigenvalue weighted by Crippen LogP contribution is -2.56. The van der Waals surface area contributed by atoms with Gasteiger partial charge in [0.2, 0.25) is 17.7 Å². The van der Waals surface area contributed by atoms with Crippen LogP contribution in [0.1, 0.15) is 24.8 Å². The largest absolute Gasteiger partial charge is 0.480 e. The van der Waals surface area contributed by atoms with Crippen LogP contribution in [0.5, 0.6) is 0 Å².